The highest BCUT2D eigenvalue weighted by Crippen LogP contribution is 2.17. The highest BCUT2D eigenvalue weighted by molar-refractivity contribution is 7.13. The number of hydrogen-bond donors (Lipinski definition) is 2. The molecule has 0 radical (unpaired) electrons. The molecule has 0 atom stereocenters. The number of benzene rings is 1. The molecular weight excluding hydrogens is 250 g/mol. The van der Waals surface area contributed by atoms with Crippen molar-refractivity contribution >= 4 is 22.3 Å². The van der Waals surface area contributed by atoms with Crippen molar-refractivity contribution in [3.05, 3.63) is 40.9 Å². The van der Waals surface area contributed by atoms with Gasteiger partial charge in [0.15, 0.2) is 5.84 Å². The van der Waals surface area contributed by atoms with Crippen LogP contribution in [0.2, 0.25) is 0 Å². The van der Waals surface area contributed by atoms with Crippen molar-refractivity contribution in [1.82, 2.24) is 10.2 Å². The van der Waals surface area contributed by atoms with Crippen LogP contribution < -0.4 is 10.6 Å². The van der Waals surface area contributed by atoms with Gasteiger partial charge in [-0.2, -0.15) is 0 Å². The van der Waals surface area contributed by atoms with Crippen LogP contribution in [-0.2, 0) is 6.54 Å². The summed E-state index contributed by atoms with van der Waals surface area (Å²) in [4.78, 5) is 1.99. The molecule has 2 aromatic rings. The van der Waals surface area contributed by atoms with E-state index in [9.17, 15) is 0 Å². The molecule has 3 N–H and O–H groups in total. The molecule has 0 unspecified atom stereocenters. The molecule has 1 aromatic carbocycles. The first-order valence-corrected chi connectivity index (χ1v) is 6.13. The molecule has 0 aliphatic carbocycles. The number of oxime groups is 1. The zero-order valence-electron chi connectivity index (χ0n) is 9.82. The summed E-state index contributed by atoms with van der Waals surface area (Å²) in [7, 11) is 1.94. The Balaban J connectivity index is 2.15. The molecule has 0 fully saturated rings. The Kier molecular flexibility index (Phi) is 3.73. The summed E-state index contributed by atoms with van der Waals surface area (Å²) in [5, 5.41) is 20.3. The van der Waals surface area contributed by atoms with Crippen molar-refractivity contribution in [2.24, 2.45) is 10.9 Å². The fourth-order valence-electron chi connectivity index (χ4n) is 1.56. The van der Waals surface area contributed by atoms with Crippen LogP contribution in [0.15, 0.2) is 34.9 Å². The molecule has 1 heterocycles. The van der Waals surface area contributed by atoms with Crippen LogP contribution in [0.5, 0.6) is 0 Å². The molecule has 0 saturated heterocycles. The van der Waals surface area contributed by atoms with E-state index in [4.69, 9.17) is 10.9 Å². The van der Waals surface area contributed by atoms with E-state index in [0.717, 1.165) is 10.7 Å². The number of amidine groups is 1. The maximum absolute atomic E-state index is 8.65. The zero-order chi connectivity index (χ0) is 13.0. The van der Waals surface area contributed by atoms with Crippen LogP contribution in [-0.4, -0.2) is 28.3 Å². The van der Waals surface area contributed by atoms with Gasteiger partial charge >= 0.3 is 0 Å². The van der Waals surface area contributed by atoms with Crippen molar-refractivity contribution < 1.29 is 5.21 Å². The standard InChI is InChI=1S/C11H13N5OS/c1-16(11-14-13-7-18-11)6-8-3-2-4-9(5-8)10(12)15-17/h2-5,7,17H,6H2,1H3,(H2,12,15). The predicted molar refractivity (Wildman–Crippen MR) is 71.0 cm³/mol. The lowest BCUT2D eigenvalue weighted by Gasteiger charge is -2.15. The summed E-state index contributed by atoms with van der Waals surface area (Å²) in [6, 6.07) is 7.53. The topological polar surface area (TPSA) is 87.6 Å². The maximum Gasteiger partial charge on any atom is 0.208 e. The Morgan fingerprint density at radius 2 is 2.39 bits per heavy atom. The summed E-state index contributed by atoms with van der Waals surface area (Å²) in [6.07, 6.45) is 0. The Bertz CT molecular complexity index is 540. The van der Waals surface area contributed by atoms with Gasteiger partial charge in [-0.3, -0.25) is 0 Å². The van der Waals surface area contributed by atoms with Crippen LogP contribution in [0.4, 0.5) is 5.13 Å². The third-order valence-corrected chi connectivity index (χ3v) is 3.23. The van der Waals surface area contributed by atoms with E-state index >= 15 is 0 Å². The van der Waals surface area contributed by atoms with Gasteiger partial charge in [0.1, 0.15) is 5.51 Å². The molecule has 0 saturated carbocycles. The lowest BCUT2D eigenvalue weighted by Crippen LogP contribution is -2.17. The van der Waals surface area contributed by atoms with Crippen LogP contribution in [0.25, 0.3) is 0 Å². The third kappa shape index (κ3) is 2.75. The second kappa shape index (κ2) is 5.46. The van der Waals surface area contributed by atoms with Gasteiger partial charge in [-0.25, -0.2) is 0 Å². The Morgan fingerprint density at radius 1 is 1.56 bits per heavy atom. The Morgan fingerprint density at radius 3 is 3.06 bits per heavy atom. The second-order valence-electron chi connectivity index (χ2n) is 3.76. The van der Waals surface area contributed by atoms with Gasteiger partial charge in [-0.15, -0.1) is 10.2 Å². The number of rotatable bonds is 4. The minimum Gasteiger partial charge on any atom is -0.409 e. The summed E-state index contributed by atoms with van der Waals surface area (Å²) in [5.41, 5.74) is 9.00. The maximum atomic E-state index is 8.65. The predicted octanol–water partition coefficient (Wildman–Crippen LogP) is 1.27. The Labute approximate surface area is 108 Å². The molecule has 0 aliphatic heterocycles. The minimum absolute atomic E-state index is 0.107. The van der Waals surface area contributed by atoms with Crippen molar-refractivity contribution in [2.45, 2.75) is 6.54 Å². The average molecular weight is 263 g/mol. The van der Waals surface area contributed by atoms with Crippen molar-refractivity contribution in [2.75, 3.05) is 11.9 Å². The number of nitrogens with zero attached hydrogens (tertiary/aromatic N) is 4. The Hall–Kier alpha value is -2.15. The molecule has 7 heteroatoms. The molecule has 0 spiro atoms. The van der Waals surface area contributed by atoms with Crippen molar-refractivity contribution in [3.8, 4) is 0 Å². The van der Waals surface area contributed by atoms with Gasteiger partial charge in [-0.05, 0) is 11.6 Å². The average Bonchev–Trinajstić information content (AvgIpc) is 2.92. The van der Waals surface area contributed by atoms with E-state index in [1.165, 1.54) is 11.3 Å². The summed E-state index contributed by atoms with van der Waals surface area (Å²) in [5.74, 6) is 0.107. The quantitative estimate of drug-likeness (QED) is 0.375. The van der Waals surface area contributed by atoms with Gasteiger partial charge in [0.2, 0.25) is 5.13 Å². The zero-order valence-corrected chi connectivity index (χ0v) is 10.6. The van der Waals surface area contributed by atoms with Crippen molar-refractivity contribution in [1.29, 1.82) is 0 Å². The highest BCUT2D eigenvalue weighted by atomic mass is 32.1. The third-order valence-electron chi connectivity index (χ3n) is 2.43. The molecule has 6 nitrogen and oxygen atoms in total. The first-order valence-electron chi connectivity index (χ1n) is 5.25. The van der Waals surface area contributed by atoms with Gasteiger partial charge < -0.3 is 15.8 Å². The lowest BCUT2D eigenvalue weighted by molar-refractivity contribution is 0.318. The smallest absolute Gasteiger partial charge is 0.208 e. The normalized spacial score (nSPS) is 11.5. The number of hydrogen-bond acceptors (Lipinski definition) is 6. The SMILES string of the molecule is CN(Cc1cccc(C(N)=NO)c1)c1nncs1. The van der Waals surface area contributed by atoms with E-state index in [1.807, 2.05) is 30.1 Å². The van der Waals surface area contributed by atoms with Crippen molar-refractivity contribution in [3.63, 3.8) is 0 Å². The molecule has 94 valence electrons. The highest BCUT2D eigenvalue weighted by Gasteiger charge is 2.06. The van der Waals surface area contributed by atoms with Gasteiger partial charge in [0, 0.05) is 19.2 Å². The molecule has 2 rings (SSSR count). The van der Waals surface area contributed by atoms with Gasteiger partial charge in [-0.1, -0.05) is 34.7 Å². The molecule has 0 aliphatic rings. The van der Waals surface area contributed by atoms with E-state index in [2.05, 4.69) is 15.4 Å². The molecule has 0 bridgehead atoms. The van der Waals surface area contributed by atoms with Crippen LogP contribution in [0.1, 0.15) is 11.1 Å². The second-order valence-corrected chi connectivity index (χ2v) is 4.57. The fourth-order valence-corrected chi connectivity index (χ4v) is 2.09. The molecular formula is C11H13N5OS. The number of anilines is 1. The fraction of sp³-hybridized carbons (Fsp3) is 0.182. The van der Waals surface area contributed by atoms with E-state index in [0.29, 0.717) is 12.1 Å². The first-order chi connectivity index (χ1) is 8.70. The van der Waals surface area contributed by atoms with Crippen LogP contribution >= 0.6 is 11.3 Å². The number of nitrogens with two attached hydrogens (primary N) is 1. The molecule has 0 amide bonds. The van der Waals surface area contributed by atoms with Crippen LogP contribution in [0, 0.1) is 0 Å². The van der Waals surface area contributed by atoms with Gasteiger partial charge in [0.25, 0.3) is 0 Å². The summed E-state index contributed by atoms with van der Waals surface area (Å²) in [6.45, 7) is 0.682. The number of aromatic nitrogens is 2. The van der Waals surface area contributed by atoms with E-state index in [-0.39, 0.29) is 5.84 Å². The van der Waals surface area contributed by atoms with Crippen LogP contribution in [0.3, 0.4) is 0 Å². The largest absolute Gasteiger partial charge is 0.409 e. The van der Waals surface area contributed by atoms with E-state index in [1.54, 1.807) is 11.6 Å². The lowest BCUT2D eigenvalue weighted by atomic mass is 10.1. The van der Waals surface area contributed by atoms with Gasteiger partial charge in [0.05, 0.1) is 0 Å². The van der Waals surface area contributed by atoms with E-state index < -0.39 is 0 Å². The summed E-state index contributed by atoms with van der Waals surface area (Å²) < 4.78 is 0. The monoisotopic (exact) mass is 263 g/mol. The first kappa shape index (κ1) is 12.3. The minimum atomic E-state index is 0.107. The summed E-state index contributed by atoms with van der Waals surface area (Å²) >= 11 is 1.48. The molecule has 1 aromatic heterocycles. The molecule has 18 heavy (non-hydrogen) atoms.